The van der Waals surface area contributed by atoms with Gasteiger partial charge in [0.05, 0.1) is 12.7 Å². The number of hydrogen-bond donors (Lipinski definition) is 2. The van der Waals surface area contributed by atoms with Gasteiger partial charge in [0.1, 0.15) is 5.75 Å². The number of hydrogen-bond acceptors (Lipinski definition) is 3. The lowest BCUT2D eigenvalue weighted by Gasteiger charge is -2.41. The van der Waals surface area contributed by atoms with E-state index in [0.717, 1.165) is 11.3 Å². The van der Waals surface area contributed by atoms with Gasteiger partial charge in [-0.2, -0.15) is 0 Å². The Kier molecular flexibility index (Phi) is 4.33. The van der Waals surface area contributed by atoms with Crippen molar-refractivity contribution in [3.63, 3.8) is 0 Å². The lowest BCUT2D eigenvalue weighted by Crippen LogP contribution is -2.53. The molecule has 0 heterocycles. The van der Waals surface area contributed by atoms with Crippen LogP contribution in [0.5, 0.6) is 5.75 Å². The lowest BCUT2D eigenvalue weighted by molar-refractivity contribution is -0.125. The van der Waals surface area contributed by atoms with E-state index in [-0.39, 0.29) is 17.9 Å². The van der Waals surface area contributed by atoms with E-state index in [1.807, 2.05) is 31.2 Å². The van der Waals surface area contributed by atoms with Crippen molar-refractivity contribution in [1.82, 2.24) is 5.32 Å². The van der Waals surface area contributed by atoms with Gasteiger partial charge in [0.15, 0.2) is 0 Å². The zero-order chi connectivity index (χ0) is 14.8. The Labute approximate surface area is 120 Å². The first-order valence-electron chi connectivity index (χ1n) is 7.06. The standard InChI is InChI=1S/C16H23NO3/c1-11(13-6-4-5-7-14(13)20-3)8-15(18)17-12-9-16(2,19)10-12/h4-7,11-12,19H,8-10H2,1-3H3,(H,17,18)/t11-,12?,16?/m1/s1. The Morgan fingerprint density at radius 1 is 1.50 bits per heavy atom. The zero-order valence-corrected chi connectivity index (χ0v) is 12.3. The Balaban J connectivity index is 1.88. The Morgan fingerprint density at radius 3 is 2.75 bits per heavy atom. The number of benzene rings is 1. The number of methoxy groups -OCH3 is 1. The second-order valence-electron chi connectivity index (χ2n) is 6.02. The fraction of sp³-hybridized carbons (Fsp3) is 0.562. The summed E-state index contributed by atoms with van der Waals surface area (Å²) in [5.74, 6) is 0.954. The first-order valence-corrected chi connectivity index (χ1v) is 7.06. The maximum atomic E-state index is 12.0. The molecule has 1 saturated carbocycles. The molecule has 4 nitrogen and oxygen atoms in total. The number of amides is 1. The van der Waals surface area contributed by atoms with Crippen molar-refractivity contribution in [2.24, 2.45) is 0 Å². The molecule has 2 N–H and O–H groups in total. The summed E-state index contributed by atoms with van der Waals surface area (Å²) in [6.45, 7) is 3.82. The predicted molar refractivity (Wildman–Crippen MR) is 77.8 cm³/mol. The zero-order valence-electron chi connectivity index (χ0n) is 12.3. The molecule has 0 bridgehead atoms. The summed E-state index contributed by atoms with van der Waals surface area (Å²) in [5.41, 5.74) is 0.442. The summed E-state index contributed by atoms with van der Waals surface area (Å²) in [7, 11) is 1.64. The largest absolute Gasteiger partial charge is 0.496 e. The molecule has 1 amide bonds. The van der Waals surface area contributed by atoms with Gasteiger partial charge in [0, 0.05) is 12.5 Å². The van der Waals surface area contributed by atoms with Crippen LogP contribution in [0.1, 0.15) is 44.6 Å². The highest BCUT2D eigenvalue weighted by Crippen LogP contribution is 2.32. The van der Waals surface area contributed by atoms with Gasteiger partial charge in [0.25, 0.3) is 0 Å². The van der Waals surface area contributed by atoms with Crippen LogP contribution in [0.25, 0.3) is 0 Å². The van der Waals surface area contributed by atoms with E-state index in [0.29, 0.717) is 19.3 Å². The second kappa shape index (κ2) is 5.83. The Bertz CT molecular complexity index is 476. The molecule has 1 aliphatic rings. The molecule has 1 aliphatic carbocycles. The van der Waals surface area contributed by atoms with Gasteiger partial charge in [-0.25, -0.2) is 0 Å². The molecule has 1 fully saturated rings. The van der Waals surface area contributed by atoms with E-state index in [4.69, 9.17) is 4.74 Å². The number of para-hydroxylation sites is 1. The minimum Gasteiger partial charge on any atom is -0.496 e. The smallest absolute Gasteiger partial charge is 0.220 e. The number of ether oxygens (including phenoxy) is 1. The molecule has 1 aromatic rings. The van der Waals surface area contributed by atoms with Crippen molar-refractivity contribution in [3.05, 3.63) is 29.8 Å². The molecule has 110 valence electrons. The summed E-state index contributed by atoms with van der Waals surface area (Å²) in [4.78, 5) is 12.0. The first-order chi connectivity index (χ1) is 9.41. The molecule has 0 unspecified atom stereocenters. The number of aliphatic hydroxyl groups is 1. The molecule has 0 radical (unpaired) electrons. The molecular weight excluding hydrogens is 254 g/mol. The van der Waals surface area contributed by atoms with Gasteiger partial charge in [-0.1, -0.05) is 25.1 Å². The third kappa shape index (κ3) is 3.51. The van der Waals surface area contributed by atoms with E-state index >= 15 is 0 Å². The average molecular weight is 277 g/mol. The molecule has 2 rings (SSSR count). The van der Waals surface area contributed by atoms with E-state index in [1.165, 1.54) is 0 Å². The normalized spacial score (nSPS) is 26.5. The highest BCUT2D eigenvalue weighted by atomic mass is 16.5. The molecule has 1 atom stereocenters. The molecule has 0 aliphatic heterocycles. The van der Waals surface area contributed by atoms with Crippen molar-refractivity contribution < 1.29 is 14.6 Å². The molecule has 20 heavy (non-hydrogen) atoms. The molecule has 1 aromatic carbocycles. The van der Waals surface area contributed by atoms with Gasteiger partial charge in [-0.15, -0.1) is 0 Å². The summed E-state index contributed by atoms with van der Waals surface area (Å²) in [6.07, 6.45) is 1.71. The van der Waals surface area contributed by atoms with Gasteiger partial charge < -0.3 is 15.2 Å². The van der Waals surface area contributed by atoms with Crippen LogP contribution in [0.15, 0.2) is 24.3 Å². The summed E-state index contributed by atoms with van der Waals surface area (Å²) in [5, 5.41) is 12.6. The van der Waals surface area contributed by atoms with Crippen LogP contribution < -0.4 is 10.1 Å². The predicted octanol–water partition coefficient (Wildman–Crippen LogP) is 2.22. The van der Waals surface area contributed by atoms with Crippen molar-refractivity contribution in [3.8, 4) is 5.75 Å². The van der Waals surface area contributed by atoms with Crippen LogP contribution in [0.3, 0.4) is 0 Å². The highest BCUT2D eigenvalue weighted by molar-refractivity contribution is 5.77. The van der Waals surface area contributed by atoms with E-state index in [2.05, 4.69) is 5.32 Å². The van der Waals surface area contributed by atoms with Crippen molar-refractivity contribution in [2.75, 3.05) is 7.11 Å². The average Bonchev–Trinajstić information content (AvgIpc) is 2.36. The van der Waals surface area contributed by atoms with E-state index < -0.39 is 5.60 Å². The molecular formula is C16H23NO3. The summed E-state index contributed by atoms with van der Waals surface area (Å²) < 4.78 is 5.32. The first kappa shape index (κ1) is 14.9. The molecule has 0 aromatic heterocycles. The minimum atomic E-state index is -0.605. The van der Waals surface area contributed by atoms with Crippen molar-refractivity contribution in [2.45, 2.75) is 50.7 Å². The number of carbonyl (C=O) groups excluding carboxylic acids is 1. The topological polar surface area (TPSA) is 58.6 Å². The van der Waals surface area contributed by atoms with Gasteiger partial charge in [-0.05, 0) is 37.3 Å². The van der Waals surface area contributed by atoms with Gasteiger partial charge >= 0.3 is 0 Å². The van der Waals surface area contributed by atoms with Gasteiger partial charge in [0.2, 0.25) is 5.91 Å². The SMILES string of the molecule is COc1ccccc1[C@H](C)CC(=O)NC1CC(C)(O)C1. The number of carbonyl (C=O) groups is 1. The van der Waals surface area contributed by atoms with Crippen molar-refractivity contribution >= 4 is 5.91 Å². The number of rotatable bonds is 5. The van der Waals surface area contributed by atoms with Crippen molar-refractivity contribution in [1.29, 1.82) is 0 Å². The lowest BCUT2D eigenvalue weighted by atomic mass is 9.77. The maximum absolute atomic E-state index is 12.0. The highest BCUT2D eigenvalue weighted by Gasteiger charge is 2.39. The van der Waals surface area contributed by atoms with Crippen LogP contribution >= 0.6 is 0 Å². The van der Waals surface area contributed by atoms with Crippen LogP contribution in [-0.4, -0.2) is 29.8 Å². The number of nitrogens with one attached hydrogen (secondary N) is 1. The van der Waals surface area contributed by atoms with Crippen LogP contribution in [0.2, 0.25) is 0 Å². The van der Waals surface area contributed by atoms with Crippen LogP contribution in [-0.2, 0) is 4.79 Å². The fourth-order valence-corrected chi connectivity index (χ4v) is 2.85. The monoisotopic (exact) mass is 277 g/mol. The second-order valence-corrected chi connectivity index (χ2v) is 6.02. The quantitative estimate of drug-likeness (QED) is 0.867. The van der Waals surface area contributed by atoms with Gasteiger partial charge in [-0.3, -0.25) is 4.79 Å². The molecule has 4 heteroatoms. The van der Waals surface area contributed by atoms with E-state index in [9.17, 15) is 9.90 Å². The van der Waals surface area contributed by atoms with Crippen LogP contribution in [0.4, 0.5) is 0 Å². The fourth-order valence-electron chi connectivity index (χ4n) is 2.85. The Hall–Kier alpha value is -1.55. The summed E-state index contributed by atoms with van der Waals surface area (Å²) in [6, 6.07) is 7.89. The molecule has 0 spiro atoms. The van der Waals surface area contributed by atoms with Crippen LogP contribution in [0, 0.1) is 0 Å². The maximum Gasteiger partial charge on any atom is 0.220 e. The summed E-state index contributed by atoms with van der Waals surface area (Å²) >= 11 is 0. The third-order valence-corrected chi connectivity index (χ3v) is 3.90. The molecule has 0 saturated heterocycles. The van der Waals surface area contributed by atoms with E-state index in [1.54, 1.807) is 14.0 Å². The minimum absolute atomic E-state index is 0.0314. The third-order valence-electron chi connectivity index (χ3n) is 3.90. The Morgan fingerprint density at radius 2 is 2.15 bits per heavy atom.